The predicted molar refractivity (Wildman–Crippen MR) is 101 cm³/mol. The first kappa shape index (κ1) is 17.5. The van der Waals surface area contributed by atoms with Crippen molar-refractivity contribution in [2.24, 2.45) is 0 Å². The third kappa shape index (κ3) is 3.50. The maximum Gasteiger partial charge on any atom is 0.170 e. The van der Waals surface area contributed by atoms with E-state index in [0.29, 0.717) is 6.54 Å². The highest BCUT2D eigenvalue weighted by Crippen LogP contribution is 2.39. The lowest BCUT2D eigenvalue weighted by Gasteiger charge is -2.25. The number of hydrogen-bond acceptors (Lipinski definition) is 6. The Hall–Kier alpha value is -2.93. The number of tetrazole rings is 1. The molecule has 7 heteroatoms. The highest BCUT2D eigenvalue weighted by atomic mass is 16.5. The lowest BCUT2D eigenvalue weighted by Crippen LogP contribution is -2.25. The number of ether oxygens (including phenoxy) is 2. The van der Waals surface area contributed by atoms with Crippen molar-refractivity contribution in [2.45, 2.75) is 25.4 Å². The zero-order chi connectivity index (χ0) is 18.6. The Balaban J connectivity index is 1.60. The maximum atomic E-state index is 5.62. The number of nitrogens with zero attached hydrogens (tertiary/aromatic N) is 5. The van der Waals surface area contributed by atoms with Gasteiger partial charge in [-0.25, -0.2) is 0 Å². The Labute approximate surface area is 158 Å². The molecule has 0 aliphatic carbocycles. The van der Waals surface area contributed by atoms with Crippen molar-refractivity contribution in [2.75, 3.05) is 20.8 Å². The van der Waals surface area contributed by atoms with Crippen molar-refractivity contribution >= 4 is 0 Å². The molecule has 2 aromatic carbocycles. The van der Waals surface area contributed by atoms with Crippen LogP contribution in [0.15, 0.2) is 48.5 Å². The second-order valence-electron chi connectivity index (χ2n) is 6.58. The van der Waals surface area contributed by atoms with Gasteiger partial charge in [-0.2, -0.15) is 4.68 Å². The molecule has 27 heavy (non-hydrogen) atoms. The second-order valence-corrected chi connectivity index (χ2v) is 6.58. The molecule has 7 nitrogen and oxygen atoms in total. The molecule has 1 aliphatic heterocycles. The number of likely N-dealkylation sites (tertiary alicyclic amines) is 1. The summed E-state index contributed by atoms with van der Waals surface area (Å²) in [6.07, 6.45) is 2.21. The van der Waals surface area contributed by atoms with Gasteiger partial charge < -0.3 is 9.47 Å². The lowest BCUT2D eigenvalue weighted by molar-refractivity contribution is 0.235. The molecule has 4 rings (SSSR count). The fraction of sp³-hybridized carbons (Fsp3) is 0.350. The van der Waals surface area contributed by atoms with E-state index in [1.807, 2.05) is 42.5 Å². The number of aromatic nitrogens is 4. The number of methoxy groups -OCH3 is 2. The van der Waals surface area contributed by atoms with Gasteiger partial charge in [0.1, 0.15) is 11.5 Å². The Kier molecular flexibility index (Phi) is 5.02. The molecule has 1 aromatic heterocycles. The molecule has 140 valence electrons. The second kappa shape index (κ2) is 7.75. The fourth-order valence-electron chi connectivity index (χ4n) is 3.72. The summed E-state index contributed by atoms with van der Waals surface area (Å²) in [4.78, 5) is 2.41. The van der Waals surface area contributed by atoms with Gasteiger partial charge in [0, 0.05) is 17.7 Å². The Morgan fingerprint density at radius 2 is 1.93 bits per heavy atom. The van der Waals surface area contributed by atoms with Crippen molar-refractivity contribution in [3.63, 3.8) is 0 Å². The Bertz CT molecular complexity index is 896. The minimum absolute atomic E-state index is 0.270. The van der Waals surface area contributed by atoms with Gasteiger partial charge in [-0.15, -0.1) is 5.10 Å². The van der Waals surface area contributed by atoms with E-state index in [9.17, 15) is 0 Å². The Morgan fingerprint density at radius 1 is 1.07 bits per heavy atom. The van der Waals surface area contributed by atoms with Crippen molar-refractivity contribution in [1.29, 1.82) is 0 Å². The van der Waals surface area contributed by atoms with Crippen LogP contribution < -0.4 is 9.47 Å². The number of benzene rings is 2. The number of para-hydroxylation sites is 1. The van der Waals surface area contributed by atoms with Crippen molar-refractivity contribution in [1.82, 2.24) is 25.1 Å². The van der Waals surface area contributed by atoms with Crippen molar-refractivity contribution in [3.8, 4) is 17.2 Å². The van der Waals surface area contributed by atoms with Gasteiger partial charge in [0.25, 0.3) is 0 Å². The van der Waals surface area contributed by atoms with Gasteiger partial charge in [-0.1, -0.05) is 24.3 Å². The largest absolute Gasteiger partial charge is 0.497 e. The number of rotatable bonds is 6. The topological polar surface area (TPSA) is 65.3 Å². The monoisotopic (exact) mass is 365 g/mol. The third-order valence-corrected chi connectivity index (χ3v) is 5.04. The molecule has 0 radical (unpaired) electrons. The van der Waals surface area contributed by atoms with Crippen LogP contribution in [0.25, 0.3) is 5.69 Å². The minimum Gasteiger partial charge on any atom is -0.497 e. The van der Waals surface area contributed by atoms with Crippen LogP contribution in [0.5, 0.6) is 11.5 Å². The van der Waals surface area contributed by atoms with Gasteiger partial charge in [0.2, 0.25) is 0 Å². The van der Waals surface area contributed by atoms with Crippen molar-refractivity contribution in [3.05, 3.63) is 59.9 Å². The van der Waals surface area contributed by atoms with Gasteiger partial charge in [0.05, 0.1) is 26.5 Å². The van der Waals surface area contributed by atoms with E-state index >= 15 is 0 Å². The Morgan fingerprint density at radius 3 is 2.70 bits per heavy atom. The summed E-state index contributed by atoms with van der Waals surface area (Å²) in [5.41, 5.74) is 2.14. The van der Waals surface area contributed by atoms with Gasteiger partial charge in [0.15, 0.2) is 5.82 Å². The molecule has 0 saturated carbocycles. The van der Waals surface area contributed by atoms with Gasteiger partial charge >= 0.3 is 0 Å². The first-order chi connectivity index (χ1) is 13.3. The number of hydrogen-bond donors (Lipinski definition) is 0. The average molecular weight is 365 g/mol. The summed E-state index contributed by atoms with van der Waals surface area (Å²) in [6, 6.07) is 16.3. The van der Waals surface area contributed by atoms with E-state index < -0.39 is 0 Å². The van der Waals surface area contributed by atoms with E-state index in [2.05, 4.69) is 26.5 Å². The first-order valence-electron chi connectivity index (χ1n) is 9.09. The smallest absolute Gasteiger partial charge is 0.170 e. The van der Waals surface area contributed by atoms with Crippen LogP contribution in [0, 0.1) is 0 Å². The first-order valence-corrected chi connectivity index (χ1v) is 9.09. The maximum absolute atomic E-state index is 5.62. The molecular formula is C20H23N5O2. The average Bonchev–Trinajstić information content (AvgIpc) is 3.38. The molecular weight excluding hydrogens is 342 g/mol. The van der Waals surface area contributed by atoms with E-state index in [-0.39, 0.29) is 6.04 Å². The van der Waals surface area contributed by atoms with E-state index in [4.69, 9.17) is 9.47 Å². The minimum atomic E-state index is 0.270. The van der Waals surface area contributed by atoms with Crippen LogP contribution in [0.3, 0.4) is 0 Å². The third-order valence-electron chi connectivity index (χ3n) is 5.04. The van der Waals surface area contributed by atoms with E-state index in [1.165, 1.54) is 5.56 Å². The summed E-state index contributed by atoms with van der Waals surface area (Å²) in [5, 5.41) is 12.3. The molecule has 0 unspecified atom stereocenters. The van der Waals surface area contributed by atoms with Crippen LogP contribution in [-0.2, 0) is 6.54 Å². The standard InChI is InChI=1S/C20H23N5O2/c1-26-16-10-11-17(19(13-16)27-2)18-9-6-12-24(18)14-20-21-22-23-25(20)15-7-4-3-5-8-15/h3-5,7-8,10-11,13,18H,6,9,12,14H2,1-2H3/t18-/m1/s1. The summed E-state index contributed by atoms with van der Waals surface area (Å²) < 4.78 is 12.8. The zero-order valence-electron chi connectivity index (χ0n) is 15.6. The molecule has 1 saturated heterocycles. The van der Waals surface area contributed by atoms with Crippen LogP contribution in [-0.4, -0.2) is 45.9 Å². The summed E-state index contributed by atoms with van der Waals surface area (Å²) in [7, 11) is 3.37. The molecule has 0 N–H and O–H groups in total. The van der Waals surface area contributed by atoms with Crippen LogP contribution in [0.4, 0.5) is 0 Å². The van der Waals surface area contributed by atoms with Crippen molar-refractivity contribution < 1.29 is 9.47 Å². The molecule has 2 heterocycles. The summed E-state index contributed by atoms with van der Waals surface area (Å²) >= 11 is 0. The fourth-order valence-corrected chi connectivity index (χ4v) is 3.72. The van der Waals surface area contributed by atoms with E-state index in [1.54, 1.807) is 18.9 Å². The lowest BCUT2D eigenvalue weighted by atomic mass is 10.0. The highest BCUT2D eigenvalue weighted by molar-refractivity contribution is 5.43. The van der Waals surface area contributed by atoms with Gasteiger partial charge in [-0.3, -0.25) is 4.90 Å². The summed E-state index contributed by atoms with van der Waals surface area (Å²) in [5.74, 6) is 2.49. The molecule has 1 atom stereocenters. The predicted octanol–water partition coefficient (Wildman–Crippen LogP) is 3.02. The van der Waals surface area contributed by atoms with Gasteiger partial charge in [-0.05, 0) is 48.0 Å². The van der Waals surface area contributed by atoms with Crippen LogP contribution >= 0.6 is 0 Å². The van der Waals surface area contributed by atoms with Crippen LogP contribution in [0.2, 0.25) is 0 Å². The van der Waals surface area contributed by atoms with Crippen LogP contribution in [0.1, 0.15) is 30.3 Å². The zero-order valence-corrected chi connectivity index (χ0v) is 15.6. The normalized spacial score (nSPS) is 17.2. The quantitative estimate of drug-likeness (QED) is 0.669. The molecule has 3 aromatic rings. The van der Waals surface area contributed by atoms with E-state index in [0.717, 1.165) is 42.4 Å². The molecule has 1 fully saturated rings. The molecule has 0 bridgehead atoms. The highest BCUT2D eigenvalue weighted by Gasteiger charge is 2.30. The molecule has 0 spiro atoms. The molecule has 1 aliphatic rings. The molecule has 0 amide bonds. The summed E-state index contributed by atoms with van der Waals surface area (Å²) in [6.45, 7) is 1.68. The SMILES string of the molecule is COc1ccc([C@H]2CCCN2Cc2nnnn2-c2ccccc2)c(OC)c1.